The Hall–Kier alpha value is -0.790. The van der Waals surface area contributed by atoms with E-state index in [0.717, 1.165) is 17.3 Å². The quantitative estimate of drug-likeness (QED) is 0.895. The van der Waals surface area contributed by atoms with E-state index in [9.17, 15) is 8.42 Å². The molecule has 0 amide bonds. The highest BCUT2D eigenvalue weighted by atomic mass is 79.9. The largest absolute Gasteiger partial charge is 0.495 e. The number of nitrogens with zero attached hydrogens (tertiary/aromatic N) is 1. The van der Waals surface area contributed by atoms with Crippen molar-refractivity contribution in [1.29, 1.82) is 0 Å². The van der Waals surface area contributed by atoms with Gasteiger partial charge in [-0.25, -0.2) is 0 Å². The van der Waals surface area contributed by atoms with Crippen molar-refractivity contribution in [3.63, 3.8) is 0 Å². The van der Waals surface area contributed by atoms with E-state index < -0.39 is 10.2 Å². The molecule has 1 aliphatic rings. The molecule has 112 valence electrons. The van der Waals surface area contributed by atoms with Gasteiger partial charge in [0.1, 0.15) is 5.75 Å². The molecule has 0 spiro atoms. The van der Waals surface area contributed by atoms with Crippen LogP contribution in [-0.2, 0) is 10.2 Å². The normalized spacial score (nSPS) is 17.9. The highest BCUT2D eigenvalue weighted by molar-refractivity contribution is 9.10. The summed E-state index contributed by atoms with van der Waals surface area (Å²) in [5.74, 6) is 1.09. The number of piperidine rings is 1. The summed E-state index contributed by atoms with van der Waals surface area (Å²) in [7, 11) is -2.01. The lowest BCUT2D eigenvalue weighted by Crippen LogP contribution is -2.41. The molecule has 0 aliphatic carbocycles. The van der Waals surface area contributed by atoms with Gasteiger partial charge in [0.2, 0.25) is 0 Å². The molecule has 0 bridgehead atoms. The van der Waals surface area contributed by atoms with E-state index in [4.69, 9.17) is 4.74 Å². The zero-order chi connectivity index (χ0) is 14.8. The third-order valence-corrected chi connectivity index (χ3v) is 5.50. The van der Waals surface area contributed by atoms with Gasteiger partial charge in [-0.3, -0.25) is 4.72 Å². The van der Waals surface area contributed by atoms with Crippen LogP contribution >= 0.6 is 15.9 Å². The summed E-state index contributed by atoms with van der Waals surface area (Å²) in [4.78, 5) is 0. The highest BCUT2D eigenvalue weighted by Crippen LogP contribution is 2.30. The molecule has 1 aliphatic heterocycles. The average molecular weight is 363 g/mol. The van der Waals surface area contributed by atoms with Crippen molar-refractivity contribution in [3.8, 4) is 5.75 Å². The molecule has 1 heterocycles. The van der Waals surface area contributed by atoms with E-state index >= 15 is 0 Å². The van der Waals surface area contributed by atoms with Gasteiger partial charge in [-0.1, -0.05) is 22.9 Å². The van der Waals surface area contributed by atoms with Crippen LogP contribution in [0.5, 0.6) is 5.75 Å². The van der Waals surface area contributed by atoms with Crippen molar-refractivity contribution in [1.82, 2.24) is 4.31 Å². The minimum Gasteiger partial charge on any atom is -0.495 e. The monoisotopic (exact) mass is 362 g/mol. The van der Waals surface area contributed by atoms with Crippen LogP contribution in [-0.4, -0.2) is 32.9 Å². The summed E-state index contributed by atoms with van der Waals surface area (Å²) in [5.41, 5.74) is 0.445. The smallest absolute Gasteiger partial charge is 0.301 e. The molecular formula is C13H19BrN2O3S. The second-order valence-corrected chi connectivity index (χ2v) is 7.62. The van der Waals surface area contributed by atoms with Gasteiger partial charge in [0.15, 0.2) is 0 Å². The van der Waals surface area contributed by atoms with Crippen LogP contribution in [0.25, 0.3) is 0 Å². The molecular weight excluding hydrogens is 344 g/mol. The third-order valence-electron chi connectivity index (χ3n) is 3.48. The second kappa shape index (κ2) is 6.32. The molecule has 7 heteroatoms. The maximum Gasteiger partial charge on any atom is 0.301 e. The summed E-state index contributed by atoms with van der Waals surface area (Å²) in [5, 5.41) is 0. The van der Waals surface area contributed by atoms with Gasteiger partial charge in [0.25, 0.3) is 0 Å². The van der Waals surface area contributed by atoms with Crippen LogP contribution < -0.4 is 9.46 Å². The first-order valence-electron chi connectivity index (χ1n) is 6.54. The molecule has 1 aromatic carbocycles. The van der Waals surface area contributed by atoms with Crippen LogP contribution in [0.15, 0.2) is 22.7 Å². The van der Waals surface area contributed by atoms with Crippen LogP contribution in [0, 0.1) is 5.92 Å². The number of hydrogen-bond donors (Lipinski definition) is 1. The SMILES string of the molecule is COc1ccc(Br)cc1NS(=O)(=O)N1CCC(C)CC1. The van der Waals surface area contributed by atoms with Crippen molar-refractivity contribution in [3.05, 3.63) is 22.7 Å². The van der Waals surface area contributed by atoms with Crippen molar-refractivity contribution in [2.75, 3.05) is 24.9 Å². The summed E-state index contributed by atoms with van der Waals surface area (Å²) in [6.45, 7) is 3.27. The minimum atomic E-state index is -3.53. The Morgan fingerprint density at radius 3 is 2.60 bits per heavy atom. The van der Waals surface area contributed by atoms with Crippen molar-refractivity contribution in [2.45, 2.75) is 19.8 Å². The molecule has 0 radical (unpaired) electrons. The van der Waals surface area contributed by atoms with Gasteiger partial charge in [-0.15, -0.1) is 0 Å². The number of benzene rings is 1. The van der Waals surface area contributed by atoms with Gasteiger partial charge in [-0.2, -0.15) is 12.7 Å². The van der Waals surface area contributed by atoms with Crippen molar-refractivity contribution in [2.24, 2.45) is 5.92 Å². The van der Waals surface area contributed by atoms with E-state index in [2.05, 4.69) is 27.6 Å². The molecule has 0 aromatic heterocycles. The number of hydrogen-bond acceptors (Lipinski definition) is 3. The number of rotatable bonds is 4. The molecule has 2 rings (SSSR count). The zero-order valence-electron chi connectivity index (χ0n) is 11.6. The van der Waals surface area contributed by atoms with Crippen LogP contribution in [0.3, 0.4) is 0 Å². The fourth-order valence-electron chi connectivity index (χ4n) is 2.19. The number of methoxy groups -OCH3 is 1. The Labute approximate surface area is 128 Å². The fourth-order valence-corrected chi connectivity index (χ4v) is 3.81. The van der Waals surface area contributed by atoms with Gasteiger partial charge < -0.3 is 4.74 Å². The molecule has 0 saturated carbocycles. The van der Waals surface area contributed by atoms with Gasteiger partial charge in [0, 0.05) is 17.6 Å². The Morgan fingerprint density at radius 1 is 1.35 bits per heavy atom. The standard InChI is InChI=1S/C13H19BrN2O3S/c1-10-5-7-16(8-6-10)20(17,18)15-12-9-11(14)3-4-13(12)19-2/h3-4,9-10,15H,5-8H2,1-2H3. The summed E-state index contributed by atoms with van der Waals surface area (Å²) >= 11 is 3.33. The first-order valence-corrected chi connectivity index (χ1v) is 8.77. The maximum absolute atomic E-state index is 12.4. The van der Waals surface area contributed by atoms with Gasteiger partial charge >= 0.3 is 10.2 Å². The topological polar surface area (TPSA) is 58.6 Å². The Balaban J connectivity index is 2.18. The summed E-state index contributed by atoms with van der Waals surface area (Å²) < 4.78 is 34.8. The fraction of sp³-hybridized carbons (Fsp3) is 0.538. The molecule has 0 unspecified atom stereocenters. The van der Waals surface area contributed by atoms with E-state index in [1.54, 1.807) is 18.2 Å². The minimum absolute atomic E-state index is 0.445. The number of anilines is 1. The molecule has 1 fully saturated rings. The lowest BCUT2D eigenvalue weighted by atomic mass is 10.0. The molecule has 5 nitrogen and oxygen atoms in total. The predicted octanol–water partition coefficient (Wildman–Crippen LogP) is 2.85. The Kier molecular flexibility index (Phi) is 4.93. The van der Waals surface area contributed by atoms with E-state index in [1.807, 2.05) is 0 Å². The third kappa shape index (κ3) is 3.65. The van der Waals surface area contributed by atoms with Crippen LogP contribution in [0.2, 0.25) is 0 Å². The summed E-state index contributed by atoms with van der Waals surface area (Å²) in [6, 6.07) is 5.22. The number of halogens is 1. The first-order chi connectivity index (χ1) is 9.42. The Morgan fingerprint density at radius 2 is 2.00 bits per heavy atom. The van der Waals surface area contributed by atoms with Crippen LogP contribution in [0.4, 0.5) is 5.69 Å². The van der Waals surface area contributed by atoms with E-state index in [0.29, 0.717) is 30.4 Å². The molecule has 0 atom stereocenters. The lowest BCUT2D eigenvalue weighted by molar-refractivity contribution is 0.289. The second-order valence-electron chi connectivity index (χ2n) is 5.03. The number of ether oxygens (including phenoxy) is 1. The molecule has 1 aromatic rings. The van der Waals surface area contributed by atoms with Crippen LogP contribution in [0.1, 0.15) is 19.8 Å². The van der Waals surface area contributed by atoms with E-state index in [-0.39, 0.29) is 0 Å². The van der Waals surface area contributed by atoms with Crippen molar-refractivity contribution < 1.29 is 13.2 Å². The predicted molar refractivity (Wildman–Crippen MR) is 83.2 cm³/mol. The maximum atomic E-state index is 12.4. The summed E-state index contributed by atoms with van der Waals surface area (Å²) in [6.07, 6.45) is 1.80. The van der Waals surface area contributed by atoms with E-state index in [1.165, 1.54) is 11.4 Å². The Bertz CT molecular complexity index is 569. The van der Waals surface area contributed by atoms with Crippen molar-refractivity contribution >= 4 is 31.8 Å². The number of nitrogens with one attached hydrogen (secondary N) is 1. The molecule has 1 N–H and O–H groups in total. The average Bonchev–Trinajstić information content (AvgIpc) is 2.39. The highest BCUT2D eigenvalue weighted by Gasteiger charge is 2.27. The molecule has 1 saturated heterocycles. The van der Waals surface area contributed by atoms with Gasteiger partial charge in [-0.05, 0) is 37.0 Å². The van der Waals surface area contributed by atoms with Gasteiger partial charge in [0.05, 0.1) is 12.8 Å². The zero-order valence-corrected chi connectivity index (χ0v) is 14.0. The molecule has 20 heavy (non-hydrogen) atoms. The lowest BCUT2D eigenvalue weighted by Gasteiger charge is -2.29. The first kappa shape index (κ1) is 15.6.